The zero-order valence-corrected chi connectivity index (χ0v) is 7.90. The van der Waals surface area contributed by atoms with Crippen LogP contribution in [0.3, 0.4) is 0 Å². The maximum Gasteiger partial charge on any atom is 0.412 e. The second kappa shape index (κ2) is 4.31. The van der Waals surface area contributed by atoms with E-state index in [4.69, 9.17) is 15.2 Å². The quantitative estimate of drug-likeness (QED) is 0.716. The van der Waals surface area contributed by atoms with E-state index in [-0.39, 0.29) is 11.6 Å². The minimum atomic E-state index is -0.601. The Kier molecular flexibility index (Phi) is 3.11. The standard InChI is InChI=1S/C8H11N3O3/c1-10-8(12)14-6-3-5(9)4-11-7(6)13-2/h3-4H,9H2,1-2H3,(H,10,12). The molecule has 6 nitrogen and oxygen atoms in total. The van der Waals surface area contributed by atoms with Gasteiger partial charge in [-0.3, -0.25) is 0 Å². The van der Waals surface area contributed by atoms with Crippen LogP contribution in [0, 0.1) is 0 Å². The molecule has 0 radical (unpaired) electrons. The smallest absolute Gasteiger partial charge is 0.412 e. The second-order valence-electron chi connectivity index (χ2n) is 2.42. The van der Waals surface area contributed by atoms with Gasteiger partial charge in [0.1, 0.15) is 0 Å². The molecule has 0 atom stereocenters. The van der Waals surface area contributed by atoms with Gasteiger partial charge >= 0.3 is 6.09 Å². The molecule has 0 fully saturated rings. The fourth-order valence-corrected chi connectivity index (χ4v) is 0.824. The molecule has 1 aromatic heterocycles. The SMILES string of the molecule is CNC(=O)Oc1cc(N)cnc1OC. The summed E-state index contributed by atoms with van der Waals surface area (Å²) in [6, 6.07) is 1.46. The van der Waals surface area contributed by atoms with Crippen molar-refractivity contribution < 1.29 is 14.3 Å². The highest BCUT2D eigenvalue weighted by atomic mass is 16.6. The molecule has 76 valence electrons. The molecule has 0 bridgehead atoms. The number of pyridine rings is 1. The summed E-state index contributed by atoms with van der Waals surface area (Å²) in [5.74, 6) is 0.398. The molecule has 3 N–H and O–H groups in total. The molecule has 0 spiro atoms. The summed E-state index contributed by atoms with van der Waals surface area (Å²) in [6.07, 6.45) is 0.811. The van der Waals surface area contributed by atoms with E-state index in [0.29, 0.717) is 5.69 Å². The summed E-state index contributed by atoms with van der Waals surface area (Å²) in [4.78, 5) is 14.7. The van der Waals surface area contributed by atoms with Gasteiger partial charge in [0.25, 0.3) is 5.88 Å². The molecule has 0 aliphatic carbocycles. The molecule has 14 heavy (non-hydrogen) atoms. The van der Waals surface area contributed by atoms with Crippen molar-refractivity contribution >= 4 is 11.8 Å². The molecule has 1 heterocycles. The summed E-state index contributed by atoms with van der Waals surface area (Å²) >= 11 is 0. The van der Waals surface area contributed by atoms with Crippen molar-refractivity contribution in [1.82, 2.24) is 10.3 Å². The first-order chi connectivity index (χ1) is 6.67. The molecule has 0 saturated carbocycles. The number of nitrogens with two attached hydrogens (primary N) is 1. The van der Waals surface area contributed by atoms with E-state index in [1.165, 1.54) is 26.4 Å². The predicted molar refractivity (Wildman–Crippen MR) is 50.3 cm³/mol. The van der Waals surface area contributed by atoms with Gasteiger partial charge < -0.3 is 20.5 Å². The molecular formula is C8H11N3O3. The molecule has 6 heteroatoms. The van der Waals surface area contributed by atoms with E-state index in [9.17, 15) is 4.79 Å². The minimum Gasteiger partial charge on any atom is -0.478 e. The maximum absolute atomic E-state index is 10.9. The van der Waals surface area contributed by atoms with E-state index >= 15 is 0 Å². The topological polar surface area (TPSA) is 86.5 Å². The third-order valence-electron chi connectivity index (χ3n) is 1.44. The van der Waals surface area contributed by atoms with E-state index in [1.807, 2.05) is 0 Å². The van der Waals surface area contributed by atoms with Gasteiger partial charge in [-0.05, 0) is 0 Å². The number of rotatable bonds is 2. The van der Waals surface area contributed by atoms with E-state index in [1.54, 1.807) is 0 Å². The van der Waals surface area contributed by atoms with E-state index < -0.39 is 6.09 Å². The third-order valence-corrected chi connectivity index (χ3v) is 1.44. The van der Waals surface area contributed by atoms with Crippen molar-refractivity contribution in [2.24, 2.45) is 0 Å². The fourth-order valence-electron chi connectivity index (χ4n) is 0.824. The number of aromatic nitrogens is 1. The molecule has 0 aromatic carbocycles. The Morgan fingerprint density at radius 3 is 2.93 bits per heavy atom. The highest BCUT2D eigenvalue weighted by molar-refractivity contribution is 5.71. The third kappa shape index (κ3) is 2.25. The zero-order chi connectivity index (χ0) is 10.6. The number of nitrogen functional groups attached to an aromatic ring is 1. The van der Waals surface area contributed by atoms with Crippen LogP contribution in [0.1, 0.15) is 0 Å². The number of hydrogen-bond donors (Lipinski definition) is 2. The normalized spacial score (nSPS) is 9.29. The van der Waals surface area contributed by atoms with E-state index in [0.717, 1.165) is 0 Å². The Balaban J connectivity index is 2.93. The number of carbonyl (C=O) groups excluding carboxylic acids is 1. The average molecular weight is 197 g/mol. The van der Waals surface area contributed by atoms with Crippen LogP contribution in [-0.4, -0.2) is 25.2 Å². The van der Waals surface area contributed by atoms with Gasteiger partial charge in [0.15, 0.2) is 5.75 Å². The highest BCUT2D eigenvalue weighted by Crippen LogP contribution is 2.25. The molecular weight excluding hydrogens is 186 g/mol. The Morgan fingerprint density at radius 2 is 2.36 bits per heavy atom. The number of nitrogens with one attached hydrogen (secondary N) is 1. The van der Waals surface area contributed by atoms with Crippen LogP contribution in [0.5, 0.6) is 11.6 Å². The second-order valence-corrected chi connectivity index (χ2v) is 2.42. The van der Waals surface area contributed by atoms with E-state index in [2.05, 4.69) is 10.3 Å². The summed E-state index contributed by atoms with van der Waals surface area (Å²) in [5, 5.41) is 2.30. The van der Waals surface area contributed by atoms with Crippen LogP contribution in [0.15, 0.2) is 12.3 Å². The Bertz CT molecular complexity index is 341. The molecule has 0 aliphatic rings. The van der Waals surface area contributed by atoms with Crippen molar-refractivity contribution in [3.8, 4) is 11.6 Å². The van der Waals surface area contributed by atoms with Crippen LogP contribution >= 0.6 is 0 Å². The van der Waals surface area contributed by atoms with Gasteiger partial charge in [-0.25, -0.2) is 9.78 Å². The lowest BCUT2D eigenvalue weighted by Crippen LogP contribution is -2.22. The number of methoxy groups -OCH3 is 1. The summed E-state index contributed by atoms with van der Waals surface area (Å²) in [5.41, 5.74) is 5.86. The number of amides is 1. The van der Waals surface area contributed by atoms with Crippen LogP contribution in [0.25, 0.3) is 0 Å². The van der Waals surface area contributed by atoms with Crippen molar-refractivity contribution in [3.63, 3.8) is 0 Å². The Hall–Kier alpha value is -1.98. The van der Waals surface area contributed by atoms with Crippen molar-refractivity contribution in [1.29, 1.82) is 0 Å². The number of nitrogens with zero attached hydrogens (tertiary/aromatic N) is 1. The largest absolute Gasteiger partial charge is 0.478 e. The Morgan fingerprint density at radius 1 is 1.64 bits per heavy atom. The number of anilines is 1. The van der Waals surface area contributed by atoms with Crippen LogP contribution in [0.2, 0.25) is 0 Å². The molecule has 0 saturated heterocycles. The summed E-state index contributed by atoms with van der Waals surface area (Å²) in [6.45, 7) is 0. The van der Waals surface area contributed by atoms with Gasteiger partial charge in [0.2, 0.25) is 0 Å². The number of hydrogen-bond acceptors (Lipinski definition) is 5. The first-order valence-corrected chi connectivity index (χ1v) is 3.86. The predicted octanol–water partition coefficient (Wildman–Crippen LogP) is 0.391. The maximum atomic E-state index is 10.9. The van der Waals surface area contributed by atoms with Crippen LogP contribution in [-0.2, 0) is 0 Å². The lowest BCUT2D eigenvalue weighted by Gasteiger charge is -2.07. The van der Waals surface area contributed by atoms with Gasteiger partial charge in [0.05, 0.1) is 19.0 Å². The van der Waals surface area contributed by atoms with Gasteiger partial charge in [0, 0.05) is 13.1 Å². The van der Waals surface area contributed by atoms with Crippen molar-refractivity contribution in [2.75, 3.05) is 19.9 Å². The number of ether oxygens (including phenoxy) is 2. The zero-order valence-electron chi connectivity index (χ0n) is 7.90. The summed E-state index contributed by atoms with van der Waals surface area (Å²) < 4.78 is 9.72. The molecule has 0 aliphatic heterocycles. The molecule has 1 amide bonds. The minimum absolute atomic E-state index is 0.187. The van der Waals surface area contributed by atoms with Gasteiger partial charge in [-0.15, -0.1) is 0 Å². The molecule has 1 aromatic rings. The first-order valence-electron chi connectivity index (χ1n) is 3.86. The number of carbonyl (C=O) groups is 1. The Labute approximate surface area is 81.0 Å². The van der Waals surface area contributed by atoms with Crippen molar-refractivity contribution in [2.45, 2.75) is 0 Å². The molecule has 0 unspecified atom stereocenters. The lowest BCUT2D eigenvalue weighted by atomic mass is 10.4. The monoisotopic (exact) mass is 197 g/mol. The average Bonchev–Trinajstić information content (AvgIpc) is 2.18. The highest BCUT2D eigenvalue weighted by Gasteiger charge is 2.09. The fraction of sp³-hybridized carbons (Fsp3) is 0.250. The van der Waals surface area contributed by atoms with Crippen molar-refractivity contribution in [3.05, 3.63) is 12.3 Å². The van der Waals surface area contributed by atoms with Gasteiger partial charge in [-0.2, -0.15) is 0 Å². The van der Waals surface area contributed by atoms with Crippen LogP contribution < -0.4 is 20.5 Å². The first kappa shape index (κ1) is 10.1. The summed E-state index contributed by atoms with van der Waals surface area (Å²) in [7, 11) is 2.88. The lowest BCUT2D eigenvalue weighted by molar-refractivity contribution is 0.200. The van der Waals surface area contributed by atoms with Crippen LogP contribution in [0.4, 0.5) is 10.5 Å². The molecule has 1 rings (SSSR count). The van der Waals surface area contributed by atoms with Gasteiger partial charge in [-0.1, -0.05) is 0 Å².